The van der Waals surface area contributed by atoms with Crippen LogP contribution >= 0.6 is 0 Å². The number of aliphatic hydroxyl groups is 1. The van der Waals surface area contributed by atoms with Gasteiger partial charge in [-0.3, -0.25) is 0 Å². The van der Waals surface area contributed by atoms with E-state index in [1.165, 1.54) is 0 Å². The number of benzene rings is 1. The molecule has 22 heavy (non-hydrogen) atoms. The van der Waals surface area contributed by atoms with Gasteiger partial charge in [-0.1, -0.05) is 30.3 Å². The lowest BCUT2D eigenvalue weighted by atomic mass is 10.1. The van der Waals surface area contributed by atoms with E-state index >= 15 is 0 Å². The molecule has 0 spiro atoms. The van der Waals surface area contributed by atoms with Gasteiger partial charge in [-0.15, -0.1) is 0 Å². The van der Waals surface area contributed by atoms with Crippen LogP contribution in [0.1, 0.15) is 19.4 Å². The summed E-state index contributed by atoms with van der Waals surface area (Å²) in [6, 6.07) is 9.31. The third-order valence-corrected chi connectivity index (χ3v) is 3.94. The van der Waals surface area contributed by atoms with Crippen LogP contribution < -0.4 is 5.73 Å². The Bertz CT molecular complexity index is 495. The summed E-state index contributed by atoms with van der Waals surface area (Å²) in [5.41, 5.74) is 6.98. The molecular formula is C16H23NO5. The molecule has 0 bridgehead atoms. The van der Waals surface area contributed by atoms with E-state index in [-0.39, 0.29) is 18.8 Å². The van der Waals surface area contributed by atoms with E-state index < -0.39 is 24.2 Å². The fraction of sp³-hybridized carbons (Fsp3) is 0.625. The van der Waals surface area contributed by atoms with E-state index in [9.17, 15) is 5.11 Å². The second kappa shape index (κ2) is 6.23. The number of ether oxygens (including phenoxy) is 4. The minimum absolute atomic E-state index is 0.177. The van der Waals surface area contributed by atoms with E-state index in [0.717, 1.165) is 5.56 Å². The Morgan fingerprint density at radius 2 is 1.91 bits per heavy atom. The second-order valence-electron chi connectivity index (χ2n) is 6.18. The molecule has 2 saturated heterocycles. The Morgan fingerprint density at radius 1 is 1.23 bits per heavy atom. The van der Waals surface area contributed by atoms with Crippen LogP contribution in [0.2, 0.25) is 0 Å². The highest BCUT2D eigenvalue weighted by Gasteiger charge is 2.57. The normalized spacial score (nSPS) is 34.5. The third-order valence-electron chi connectivity index (χ3n) is 3.94. The quantitative estimate of drug-likeness (QED) is 0.836. The fourth-order valence-electron chi connectivity index (χ4n) is 2.93. The van der Waals surface area contributed by atoms with Gasteiger partial charge in [0.15, 0.2) is 12.1 Å². The van der Waals surface area contributed by atoms with Gasteiger partial charge in [0.25, 0.3) is 0 Å². The van der Waals surface area contributed by atoms with Crippen LogP contribution in [0, 0.1) is 0 Å². The number of aliphatic hydroxyl groups excluding tert-OH is 1. The maximum absolute atomic E-state index is 9.30. The SMILES string of the molecule is CC1(C)OC2[C@H]([C@@H](N)CO)O[C@@H](OCc3ccccc3)[C@H]2O1. The van der Waals surface area contributed by atoms with Gasteiger partial charge in [0.1, 0.15) is 18.3 Å². The molecule has 0 amide bonds. The molecule has 1 aromatic rings. The van der Waals surface area contributed by atoms with E-state index in [4.69, 9.17) is 24.7 Å². The van der Waals surface area contributed by atoms with Gasteiger partial charge in [-0.25, -0.2) is 0 Å². The van der Waals surface area contributed by atoms with Gasteiger partial charge in [-0.2, -0.15) is 0 Å². The molecule has 0 saturated carbocycles. The van der Waals surface area contributed by atoms with Gasteiger partial charge in [-0.05, 0) is 19.4 Å². The molecule has 2 aliphatic heterocycles. The molecule has 2 fully saturated rings. The minimum atomic E-state index is -0.707. The average molecular weight is 309 g/mol. The lowest BCUT2D eigenvalue weighted by molar-refractivity contribution is -0.239. The van der Waals surface area contributed by atoms with Crippen LogP contribution in [0.15, 0.2) is 30.3 Å². The van der Waals surface area contributed by atoms with Crippen LogP contribution in [0.3, 0.4) is 0 Å². The van der Waals surface area contributed by atoms with E-state index in [1.54, 1.807) is 0 Å². The second-order valence-corrected chi connectivity index (χ2v) is 6.18. The van der Waals surface area contributed by atoms with Gasteiger partial charge in [0, 0.05) is 0 Å². The molecule has 122 valence electrons. The summed E-state index contributed by atoms with van der Waals surface area (Å²) < 4.78 is 23.5. The van der Waals surface area contributed by atoms with Crippen molar-refractivity contribution in [1.29, 1.82) is 0 Å². The number of rotatable bonds is 5. The predicted octanol–water partition coefficient (Wildman–Crippen LogP) is 0.768. The molecule has 0 aliphatic carbocycles. The van der Waals surface area contributed by atoms with E-state index in [0.29, 0.717) is 6.61 Å². The molecule has 0 radical (unpaired) electrons. The van der Waals surface area contributed by atoms with Gasteiger partial charge in [0.2, 0.25) is 0 Å². The zero-order chi connectivity index (χ0) is 15.7. The first kappa shape index (κ1) is 15.9. The Morgan fingerprint density at radius 3 is 2.59 bits per heavy atom. The topological polar surface area (TPSA) is 83.2 Å². The highest BCUT2D eigenvalue weighted by atomic mass is 16.8. The molecule has 2 heterocycles. The number of nitrogens with two attached hydrogens (primary N) is 1. The molecule has 6 heteroatoms. The molecule has 3 rings (SSSR count). The molecule has 0 aromatic heterocycles. The Balaban J connectivity index is 1.69. The van der Waals surface area contributed by atoms with Crippen molar-refractivity contribution in [2.75, 3.05) is 6.61 Å². The van der Waals surface area contributed by atoms with Crippen molar-refractivity contribution in [3.05, 3.63) is 35.9 Å². The van der Waals surface area contributed by atoms with Crippen LogP contribution in [-0.4, -0.2) is 48.1 Å². The van der Waals surface area contributed by atoms with Crippen molar-refractivity contribution < 1.29 is 24.1 Å². The molecule has 3 N–H and O–H groups in total. The zero-order valence-corrected chi connectivity index (χ0v) is 12.8. The van der Waals surface area contributed by atoms with Gasteiger partial charge < -0.3 is 29.8 Å². The highest BCUT2D eigenvalue weighted by molar-refractivity contribution is 5.13. The van der Waals surface area contributed by atoms with Crippen molar-refractivity contribution >= 4 is 0 Å². The molecule has 1 unspecified atom stereocenters. The van der Waals surface area contributed by atoms with Crippen molar-refractivity contribution in [1.82, 2.24) is 0 Å². The van der Waals surface area contributed by atoms with E-state index in [2.05, 4.69) is 0 Å². The first-order chi connectivity index (χ1) is 10.5. The number of hydrogen-bond donors (Lipinski definition) is 2. The Kier molecular flexibility index (Phi) is 4.49. The van der Waals surface area contributed by atoms with Crippen molar-refractivity contribution in [3.63, 3.8) is 0 Å². The summed E-state index contributed by atoms with van der Waals surface area (Å²) in [5.74, 6) is -0.707. The van der Waals surface area contributed by atoms with Crippen molar-refractivity contribution in [3.8, 4) is 0 Å². The average Bonchev–Trinajstić information content (AvgIpc) is 2.99. The number of fused-ring (bicyclic) bond motifs is 1. The summed E-state index contributed by atoms with van der Waals surface area (Å²) in [7, 11) is 0. The fourth-order valence-corrected chi connectivity index (χ4v) is 2.93. The van der Waals surface area contributed by atoms with Crippen molar-refractivity contribution in [2.45, 2.75) is 56.9 Å². The van der Waals surface area contributed by atoms with Crippen molar-refractivity contribution in [2.24, 2.45) is 5.73 Å². The molecule has 6 nitrogen and oxygen atoms in total. The molecule has 1 aromatic carbocycles. The standard InChI is InChI=1S/C16H23NO5/c1-16(2)21-13-12(11(17)8-18)20-15(14(13)22-16)19-9-10-6-4-3-5-7-10/h3-7,11-15,18H,8-9,17H2,1-2H3/t11-,12-,13?,14-,15+/m0/s1. The summed E-state index contributed by atoms with van der Waals surface area (Å²) in [6.45, 7) is 3.94. The largest absolute Gasteiger partial charge is 0.395 e. The maximum atomic E-state index is 9.30. The summed E-state index contributed by atoms with van der Waals surface area (Å²) in [4.78, 5) is 0. The lowest BCUT2D eigenvalue weighted by Gasteiger charge is -2.26. The van der Waals surface area contributed by atoms with Crippen LogP contribution in [0.4, 0.5) is 0 Å². The third kappa shape index (κ3) is 3.17. The zero-order valence-electron chi connectivity index (χ0n) is 12.8. The van der Waals surface area contributed by atoms with Crippen LogP contribution in [-0.2, 0) is 25.6 Å². The first-order valence-corrected chi connectivity index (χ1v) is 7.53. The van der Waals surface area contributed by atoms with Crippen LogP contribution in [0.5, 0.6) is 0 Å². The minimum Gasteiger partial charge on any atom is -0.395 e. The van der Waals surface area contributed by atoms with E-state index in [1.807, 2.05) is 44.2 Å². The monoisotopic (exact) mass is 309 g/mol. The highest BCUT2D eigenvalue weighted by Crippen LogP contribution is 2.40. The lowest BCUT2D eigenvalue weighted by Crippen LogP contribution is -2.45. The predicted molar refractivity (Wildman–Crippen MR) is 78.8 cm³/mol. The van der Waals surface area contributed by atoms with Crippen LogP contribution in [0.25, 0.3) is 0 Å². The Hall–Kier alpha value is -1.02. The van der Waals surface area contributed by atoms with Gasteiger partial charge in [0.05, 0.1) is 19.3 Å². The molecule has 2 aliphatic rings. The molecular weight excluding hydrogens is 286 g/mol. The molecule has 5 atom stereocenters. The summed E-state index contributed by atoms with van der Waals surface area (Å²) in [6.07, 6.45) is -1.69. The van der Waals surface area contributed by atoms with Gasteiger partial charge >= 0.3 is 0 Å². The Labute approximate surface area is 130 Å². The number of hydrogen-bond acceptors (Lipinski definition) is 6. The first-order valence-electron chi connectivity index (χ1n) is 7.53. The maximum Gasteiger partial charge on any atom is 0.187 e. The summed E-state index contributed by atoms with van der Waals surface area (Å²) >= 11 is 0. The smallest absolute Gasteiger partial charge is 0.187 e. The summed E-state index contributed by atoms with van der Waals surface area (Å²) in [5, 5.41) is 9.30.